The predicted molar refractivity (Wildman–Crippen MR) is 122 cm³/mol. The Morgan fingerprint density at radius 3 is 0.477 bits per heavy atom. The summed E-state index contributed by atoms with van der Waals surface area (Å²) in [6.07, 6.45) is -6.87. The number of hydrogen-bond donors (Lipinski definition) is 12. The van der Waals surface area contributed by atoms with Crippen molar-refractivity contribution >= 4 is 53.7 Å². The maximum absolute atomic E-state index is 10.3. The zero-order chi connectivity index (χ0) is 31.9. The zero-order valence-corrected chi connectivity index (χ0v) is 29.3. The van der Waals surface area contributed by atoms with E-state index in [1.807, 2.05) is 0 Å². The fraction of sp³-hybridized carbons (Fsp3) is 0.500. The van der Waals surface area contributed by atoms with Crippen molar-refractivity contribution in [3.05, 3.63) is 0 Å². The molecule has 0 aromatic carbocycles. The van der Waals surface area contributed by atoms with Gasteiger partial charge in [-0.25, -0.2) is 14.4 Å². The first-order valence-corrected chi connectivity index (χ1v) is 9.51. The van der Waals surface area contributed by atoms with Gasteiger partial charge in [0.2, 0.25) is 0 Å². The van der Waals surface area contributed by atoms with E-state index in [0.717, 1.165) is 0 Å². The molecule has 244 valence electrons. The van der Waals surface area contributed by atoms with E-state index in [0.29, 0.717) is 0 Å². The number of aliphatic hydroxyl groups is 3. The van der Waals surface area contributed by atoms with Gasteiger partial charge in [0.15, 0.2) is 16.8 Å². The second-order valence-electron chi connectivity index (χ2n) is 7.43. The molecule has 16 N–H and O–H groups in total. The van der Waals surface area contributed by atoms with Crippen LogP contribution in [0.3, 0.4) is 0 Å². The monoisotopic (exact) mass is 684 g/mol. The molecule has 0 radical (unpaired) electrons. The molecule has 0 saturated carbocycles. The zero-order valence-electron chi connectivity index (χ0n) is 26.3. The Morgan fingerprint density at radius 2 is 0.432 bits per heavy atom. The summed E-state index contributed by atoms with van der Waals surface area (Å²) >= 11 is 0. The molecular weight excluding hydrogens is 653 g/mol. The van der Waals surface area contributed by atoms with Gasteiger partial charge in [0.25, 0.3) is 0 Å². The third-order valence-electron chi connectivity index (χ3n) is 3.86. The van der Waals surface area contributed by atoms with Crippen molar-refractivity contribution in [3.8, 4) is 0 Å². The van der Waals surface area contributed by atoms with Crippen molar-refractivity contribution in [1.29, 1.82) is 0 Å². The second kappa shape index (κ2) is 27.3. The molecule has 0 bridgehead atoms. The molecular formula is C18H31Na3O23. The third kappa shape index (κ3) is 28.8. The van der Waals surface area contributed by atoms with Gasteiger partial charge in [0.1, 0.15) is 0 Å². The van der Waals surface area contributed by atoms with Crippen LogP contribution in [0, 0.1) is 0 Å². The summed E-state index contributed by atoms with van der Waals surface area (Å²) in [5, 5.41) is 101. The van der Waals surface area contributed by atoms with Gasteiger partial charge >= 0.3 is 142 Å². The van der Waals surface area contributed by atoms with Crippen LogP contribution in [0.15, 0.2) is 0 Å². The number of carboxylic acids is 9. The van der Waals surface area contributed by atoms with E-state index in [2.05, 4.69) is 0 Å². The normalized spacial score (nSPS) is 9.61. The van der Waals surface area contributed by atoms with E-state index in [1.54, 1.807) is 0 Å². The molecule has 0 aromatic rings. The molecule has 44 heavy (non-hydrogen) atoms. The van der Waals surface area contributed by atoms with Gasteiger partial charge in [0, 0.05) is 0 Å². The van der Waals surface area contributed by atoms with Gasteiger partial charge < -0.3 is 76.5 Å². The molecule has 0 amide bonds. The van der Waals surface area contributed by atoms with Crippen molar-refractivity contribution in [2.24, 2.45) is 0 Å². The Bertz CT molecular complexity index is 839. The number of carboxylic acid groups (broad SMARTS) is 9. The fourth-order valence-electron chi connectivity index (χ4n) is 2.14. The summed E-state index contributed by atoms with van der Waals surface area (Å²) in [5.41, 5.74) is -8.22. The topological polar surface area (TPSA) is 459 Å². The number of rotatable bonds is 15. The van der Waals surface area contributed by atoms with Crippen LogP contribution in [0.2, 0.25) is 0 Å². The first kappa shape index (κ1) is 61.1. The van der Waals surface area contributed by atoms with Gasteiger partial charge in [-0.05, 0) is 0 Å². The number of carbonyl (C=O) groups is 9. The minimum absolute atomic E-state index is 0. The standard InChI is InChI=1S/3C6H8O7.3Na.2H2O.3H/c3*7-3(8)1-6(13,5(11)12)2-4(9)10;;;;;;;;/h3*13H,1-2H2,(H,7,8)(H,9,10)(H,11,12);;;;2*1H2;;;/q;;;3*+1;;;3*-1. The molecule has 23 nitrogen and oxygen atoms in total. The third-order valence-corrected chi connectivity index (χ3v) is 3.86. The summed E-state index contributed by atoms with van der Waals surface area (Å²) in [6, 6.07) is 0. The predicted octanol–water partition coefficient (Wildman–Crippen LogP) is -14.0. The fourth-order valence-corrected chi connectivity index (χ4v) is 2.14. The maximum atomic E-state index is 10.3. The Balaban J connectivity index is -0.0000000424. The Kier molecular flexibility index (Phi) is 38.0. The number of hydrogen-bond acceptors (Lipinski definition) is 12. The van der Waals surface area contributed by atoms with Crippen molar-refractivity contribution in [2.75, 3.05) is 0 Å². The minimum atomic E-state index is -2.74. The first-order chi connectivity index (χ1) is 17.3. The Hall–Kier alpha value is -1.97. The smallest absolute Gasteiger partial charge is 1.00 e. The van der Waals surface area contributed by atoms with Gasteiger partial charge in [-0.3, -0.25) is 28.8 Å². The molecule has 0 fully saturated rings. The van der Waals surface area contributed by atoms with E-state index in [1.165, 1.54) is 0 Å². The first-order valence-electron chi connectivity index (χ1n) is 9.51. The summed E-state index contributed by atoms with van der Waals surface area (Å²) < 4.78 is 0. The molecule has 0 aliphatic heterocycles. The number of aliphatic carboxylic acids is 9. The van der Waals surface area contributed by atoms with E-state index in [-0.39, 0.29) is 104 Å². The van der Waals surface area contributed by atoms with Crippen LogP contribution in [0.25, 0.3) is 0 Å². The van der Waals surface area contributed by atoms with Crippen molar-refractivity contribution < 1.29 is 208 Å². The summed E-state index contributed by atoms with van der Waals surface area (Å²) in [7, 11) is 0. The molecule has 0 atom stereocenters. The average Bonchev–Trinajstić information content (AvgIpc) is 2.64. The maximum Gasteiger partial charge on any atom is 1.00 e. The van der Waals surface area contributed by atoms with Gasteiger partial charge in [-0.15, -0.1) is 0 Å². The van der Waals surface area contributed by atoms with Crippen LogP contribution < -0.4 is 88.7 Å². The SMILES string of the molecule is O.O.O=C(O)CC(O)(CC(=O)O)C(=O)O.O=C(O)CC(O)(CC(=O)O)C(=O)O.O=C(O)CC(O)(CC(=O)O)C(=O)O.[H-].[H-].[H-].[Na+].[Na+].[Na+]. The molecule has 26 heteroatoms. The molecule has 0 aromatic heterocycles. The van der Waals surface area contributed by atoms with Gasteiger partial charge in [0.05, 0.1) is 38.5 Å². The van der Waals surface area contributed by atoms with Crippen LogP contribution in [-0.4, -0.2) is 143 Å². The van der Waals surface area contributed by atoms with Crippen molar-refractivity contribution in [3.63, 3.8) is 0 Å². The Labute approximate surface area is 315 Å². The van der Waals surface area contributed by atoms with Crippen molar-refractivity contribution in [1.82, 2.24) is 0 Å². The van der Waals surface area contributed by atoms with Crippen LogP contribution in [0.1, 0.15) is 42.8 Å². The Morgan fingerprint density at radius 1 is 0.341 bits per heavy atom. The molecule has 0 spiro atoms. The minimum Gasteiger partial charge on any atom is -1.00 e. The van der Waals surface area contributed by atoms with Gasteiger partial charge in [-0.2, -0.15) is 0 Å². The van der Waals surface area contributed by atoms with E-state index in [9.17, 15) is 43.2 Å². The summed E-state index contributed by atoms with van der Waals surface area (Å²) in [6.45, 7) is 0. The summed E-state index contributed by atoms with van der Waals surface area (Å²) in [5.74, 6) is -15.1. The van der Waals surface area contributed by atoms with Gasteiger partial charge in [-0.1, -0.05) is 0 Å². The molecule has 0 saturated heterocycles. The van der Waals surface area contributed by atoms with Crippen molar-refractivity contribution in [2.45, 2.75) is 55.3 Å². The van der Waals surface area contributed by atoms with E-state index < -0.39 is 109 Å². The van der Waals surface area contributed by atoms with E-state index in [4.69, 9.17) is 61.3 Å². The molecule has 0 rings (SSSR count). The average molecular weight is 684 g/mol. The van der Waals surface area contributed by atoms with E-state index >= 15 is 0 Å². The van der Waals surface area contributed by atoms with Crippen LogP contribution in [-0.2, 0) is 43.2 Å². The summed E-state index contributed by atoms with van der Waals surface area (Å²) in [4.78, 5) is 91.5. The molecule has 0 heterocycles. The molecule has 0 aliphatic rings. The largest absolute Gasteiger partial charge is 1.00 e. The molecule has 0 aliphatic carbocycles. The second-order valence-corrected chi connectivity index (χ2v) is 7.43. The van der Waals surface area contributed by atoms with Crippen LogP contribution in [0.5, 0.6) is 0 Å². The van der Waals surface area contributed by atoms with Crippen LogP contribution in [0.4, 0.5) is 0 Å². The van der Waals surface area contributed by atoms with Crippen LogP contribution >= 0.6 is 0 Å². The molecule has 0 unspecified atom stereocenters. The quantitative estimate of drug-likeness (QED) is 0.0712.